The Bertz CT molecular complexity index is 656. The third-order valence-corrected chi connectivity index (χ3v) is 3.49. The second-order valence-corrected chi connectivity index (χ2v) is 5.48. The summed E-state index contributed by atoms with van der Waals surface area (Å²) in [5.41, 5.74) is 1.46. The lowest BCUT2D eigenvalue weighted by molar-refractivity contribution is -0.153. The topological polar surface area (TPSA) is 55.4 Å². The second-order valence-electron chi connectivity index (χ2n) is 5.05. The van der Waals surface area contributed by atoms with Crippen LogP contribution in [0.25, 0.3) is 0 Å². The summed E-state index contributed by atoms with van der Waals surface area (Å²) < 4.78 is 5.28. The predicted molar refractivity (Wildman–Crippen MR) is 90.4 cm³/mol. The first-order valence-electron chi connectivity index (χ1n) is 7.38. The van der Waals surface area contributed by atoms with Crippen molar-refractivity contribution in [3.8, 4) is 0 Å². The minimum Gasteiger partial charge on any atom is -0.452 e. The molecule has 1 atom stereocenters. The lowest BCUT2D eigenvalue weighted by Gasteiger charge is -2.16. The number of nitrogens with one attached hydrogen (secondary N) is 1. The SMILES string of the molecule is CC[C@H](OC(=O)Cc1ccc(Cl)cc1)C(=O)Nc1ccccc1. The Labute approximate surface area is 140 Å². The number of para-hydroxylation sites is 1. The zero-order valence-corrected chi connectivity index (χ0v) is 13.5. The zero-order valence-electron chi connectivity index (χ0n) is 12.8. The number of ether oxygens (including phenoxy) is 1. The number of esters is 1. The van der Waals surface area contributed by atoms with E-state index in [1.807, 2.05) is 18.2 Å². The van der Waals surface area contributed by atoms with Crippen LogP contribution in [-0.4, -0.2) is 18.0 Å². The summed E-state index contributed by atoms with van der Waals surface area (Å²) in [6.45, 7) is 1.80. The van der Waals surface area contributed by atoms with Crippen molar-refractivity contribution in [1.82, 2.24) is 0 Å². The quantitative estimate of drug-likeness (QED) is 0.818. The van der Waals surface area contributed by atoms with Crippen LogP contribution in [0.3, 0.4) is 0 Å². The fourth-order valence-electron chi connectivity index (χ4n) is 2.04. The molecule has 2 rings (SSSR count). The monoisotopic (exact) mass is 331 g/mol. The Kier molecular flexibility index (Phi) is 6.18. The van der Waals surface area contributed by atoms with Crippen molar-refractivity contribution >= 4 is 29.2 Å². The van der Waals surface area contributed by atoms with Crippen molar-refractivity contribution in [3.63, 3.8) is 0 Å². The normalized spacial score (nSPS) is 11.6. The highest BCUT2D eigenvalue weighted by Crippen LogP contribution is 2.12. The highest BCUT2D eigenvalue weighted by atomic mass is 35.5. The molecular weight excluding hydrogens is 314 g/mol. The van der Waals surface area contributed by atoms with Crippen molar-refractivity contribution in [2.45, 2.75) is 25.9 Å². The molecule has 1 amide bonds. The summed E-state index contributed by atoms with van der Waals surface area (Å²) in [6, 6.07) is 16.0. The molecule has 2 aromatic carbocycles. The highest BCUT2D eigenvalue weighted by molar-refractivity contribution is 6.30. The predicted octanol–water partition coefficient (Wildman–Crippen LogP) is 3.84. The highest BCUT2D eigenvalue weighted by Gasteiger charge is 2.21. The number of rotatable bonds is 6. The van der Waals surface area contributed by atoms with Gasteiger partial charge in [0.05, 0.1) is 6.42 Å². The molecule has 0 aromatic heterocycles. The van der Waals surface area contributed by atoms with Crippen LogP contribution in [0.2, 0.25) is 5.02 Å². The number of hydrogen-bond donors (Lipinski definition) is 1. The Balaban J connectivity index is 1.91. The van der Waals surface area contributed by atoms with E-state index < -0.39 is 12.1 Å². The third kappa shape index (κ3) is 5.42. The van der Waals surface area contributed by atoms with Gasteiger partial charge in [0.25, 0.3) is 5.91 Å². The fourth-order valence-corrected chi connectivity index (χ4v) is 2.16. The molecule has 120 valence electrons. The first-order valence-corrected chi connectivity index (χ1v) is 7.76. The number of carbonyl (C=O) groups excluding carboxylic acids is 2. The van der Waals surface area contributed by atoms with Gasteiger partial charge in [0.1, 0.15) is 0 Å². The van der Waals surface area contributed by atoms with Gasteiger partial charge in [-0.15, -0.1) is 0 Å². The molecule has 4 nitrogen and oxygen atoms in total. The first-order chi connectivity index (χ1) is 11.1. The van der Waals surface area contributed by atoms with E-state index in [-0.39, 0.29) is 12.3 Å². The van der Waals surface area contributed by atoms with Crippen LogP contribution in [0.5, 0.6) is 0 Å². The van der Waals surface area contributed by atoms with Gasteiger partial charge in [-0.25, -0.2) is 0 Å². The summed E-state index contributed by atoms with van der Waals surface area (Å²) in [5.74, 6) is -0.773. The molecule has 0 aliphatic carbocycles. The Morgan fingerprint density at radius 2 is 1.74 bits per heavy atom. The van der Waals surface area contributed by atoms with Crippen LogP contribution in [-0.2, 0) is 20.7 Å². The molecule has 0 fully saturated rings. The van der Waals surface area contributed by atoms with E-state index in [9.17, 15) is 9.59 Å². The number of anilines is 1. The molecule has 0 radical (unpaired) electrons. The second kappa shape index (κ2) is 8.34. The van der Waals surface area contributed by atoms with E-state index in [1.54, 1.807) is 43.3 Å². The smallest absolute Gasteiger partial charge is 0.311 e. The minimum absolute atomic E-state index is 0.103. The summed E-state index contributed by atoms with van der Waals surface area (Å²) in [6.07, 6.45) is -0.299. The van der Waals surface area contributed by atoms with Gasteiger partial charge in [0, 0.05) is 10.7 Å². The van der Waals surface area contributed by atoms with Crippen LogP contribution in [0.1, 0.15) is 18.9 Å². The van der Waals surface area contributed by atoms with Crippen molar-refractivity contribution in [2.24, 2.45) is 0 Å². The first kappa shape index (κ1) is 17.0. The Morgan fingerprint density at radius 1 is 1.09 bits per heavy atom. The Morgan fingerprint density at radius 3 is 2.35 bits per heavy atom. The molecule has 23 heavy (non-hydrogen) atoms. The average molecular weight is 332 g/mol. The largest absolute Gasteiger partial charge is 0.452 e. The van der Waals surface area contributed by atoms with Crippen LogP contribution in [0.4, 0.5) is 5.69 Å². The zero-order chi connectivity index (χ0) is 16.7. The summed E-state index contributed by atoms with van der Waals surface area (Å²) in [4.78, 5) is 24.2. The van der Waals surface area contributed by atoms with Crippen molar-refractivity contribution in [1.29, 1.82) is 0 Å². The van der Waals surface area contributed by atoms with Crippen molar-refractivity contribution in [3.05, 3.63) is 65.2 Å². The van der Waals surface area contributed by atoms with Crippen LogP contribution < -0.4 is 5.32 Å². The molecule has 1 N–H and O–H groups in total. The van der Waals surface area contributed by atoms with Gasteiger partial charge >= 0.3 is 5.97 Å². The maximum Gasteiger partial charge on any atom is 0.311 e. The molecule has 0 saturated heterocycles. The lowest BCUT2D eigenvalue weighted by atomic mass is 10.1. The maximum atomic E-state index is 12.2. The van der Waals surface area contributed by atoms with Crippen LogP contribution in [0, 0.1) is 0 Å². The molecule has 5 heteroatoms. The molecule has 0 unspecified atom stereocenters. The van der Waals surface area contributed by atoms with Gasteiger partial charge in [-0.1, -0.05) is 48.9 Å². The molecule has 0 aliphatic heterocycles. The molecule has 2 aromatic rings. The van der Waals surface area contributed by atoms with Gasteiger partial charge in [0.2, 0.25) is 0 Å². The Hall–Kier alpha value is -2.33. The number of carbonyl (C=O) groups is 2. The van der Waals surface area contributed by atoms with Crippen LogP contribution >= 0.6 is 11.6 Å². The molecular formula is C18H18ClNO3. The summed E-state index contributed by atoms with van der Waals surface area (Å²) in [5, 5.41) is 3.34. The minimum atomic E-state index is -0.810. The number of hydrogen-bond acceptors (Lipinski definition) is 3. The molecule has 0 heterocycles. The van der Waals surface area contributed by atoms with E-state index in [0.717, 1.165) is 5.56 Å². The van der Waals surface area contributed by atoms with Gasteiger partial charge < -0.3 is 10.1 Å². The van der Waals surface area contributed by atoms with E-state index in [2.05, 4.69) is 5.32 Å². The number of halogens is 1. The van der Waals surface area contributed by atoms with E-state index >= 15 is 0 Å². The van der Waals surface area contributed by atoms with Gasteiger partial charge in [-0.3, -0.25) is 9.59 Å². The number of amides is 1. The van der Waals surface area contributed by atoms with Gasteiger partial charge in [-0.05, 0) is 36.2 Å². The molecule has 0 aliphatic rings. The molecule has 0 spiro atoms. The van der Waals surface area contributed by atoms with E-state index in [4.69, 9.17) is 16.3 Å². The number of benzene rings is 2. The molecule has 0 saturated carbocycles. The van der Waals surface area contributed by atoms with Gasteiger partial charge in [-0.2, -0.15) is 0 Å². The van der Waals surface area contributed by atoms with Crippen molar-refractivity contribution < 1.29 is 14.3 Å². The standard InChI is InChI=1S/C18H18ClNO3/c1-2-16(18(22)20-15-6-4-3-5-7-15)23-17(21)12-13-8-10-14(19)11-9-13/h3-11,16H,2,12H2,1H3,(H,20,22)/t16-/m0/s1. The fraction of sp³-hybridized carbons (Fsp3) is 0.222. The maximum absolute atomic E-state index is 12.2. The van der Waals surface area contributed by atoms with Crippen LogP contribution in [0.15, 0.2) is 54.6 Å². The van der Waals surface area contributed by atoms with E-state index in [0.29, 0.717) is 17.1 Å². The third-order valence-electron chi connectivity index (χ3n) is 3.24. The summed E-state index contributed by atoms with van der Waals surface area (Å²) >= 11 is 5.80. The molecule has 0 bridgehead atoms. The average Bonchev–Trinajstić information content (AvgIpc) is 2.55. The van der Waals surface area contributed by atoms with Gasteiger partial charge in [0.15, 0.2) is 6.10 Å². The summed E-state index contributed by atoms with van der Waals surface area (Å²) in [7, 11) is 0. The van der Waals surface area contributed by atoms with Crippen molar-refractivity contribution in [2.75, 3.05) is 5.32 Å². The lowest BCUT2D eigenvalue weighted by Crippen LogP contribution is -2.32. The van der Waals surface area contributed by atoms with E-state index in [1.165, 1.54) is 0 Å².